The average Bonchev–Trinajstić information content (AvgIpc) is 2.43. The van der Waals surface area contributed by atoms with Gasteiger partial charge in [0.05, 0.1) is 12.7 Å². The van der Waals surface area contributed by atoms with Crippen molar-refractivity contribution in [2.75, 3.05) is 20.8 Å². The number of methoxy groups -OCH3 is 2. The van der Waals surface area contributed by atoms with Crippen LogP contribution in [0.2, 0.25) is 0 Å². The minimum atomic E-state index is 0.0734. The van der Waals surface area contributed by atoms with Gasteiger partial charge < -0.3 is 14.8 Å². The largest absolute Gasteiger partial charge is 0.481 e. The molecule has 0 aliphatic heterocycles. The van der Waals surface area contributed by atoms with Crippen LogP contribution < -0.4 is 10.1 Å². The Kier molecular flexibility index (Phi) is 5.31. The molecule has 1 aliphatic carbocycles. The second-order valence-electron chi connectivity index (χ2n) is 5.46. The smallest absolute Gasteiger partial charge is 0.216 e. The Morgan fingerprint density at radius 1 is 1.35 bits per heavy atom. The van der Waals surface area contributed by atoms with Gasteiger partial charge in [-0.05, 0) is 32.2 Å². The number of nitrogens with zero attached hydrogens (tertiary/aromatic N) is 2. The Morgan fingerprint density at radius 2 is 2.15 bits per heavy atom. The van der Waals surface area contributed by atoms with Crippen LogP contribution >= 0.6 is 0 Å². The molecule has 0 aromatic carbocycles. The molecule has 20 heavy (non-hydrogen) atoms. The maximum atomic E-state index is 5.74. The fourth-order valence-corrected chi connectivity index (χ4v) is 2.87. The predicted octanol–water partition coefficient (Wildman–Crippen LogP) is 1.96. The van der Waals surface area contributed by atoms with Crippen molar-refractivity contribution in [2.24, 2.45) is 0 Å². The first-order valence-corrected chi connectivity index (χ1v) is 7.35. The fraction of sp³-hybridized carbons (Fsp3) is 0.733. The van der Waals surface area contributed by atoms with Crippen LogP contribution in [0.25, 0.3) is 0 Å². The molecule has 0 bridgehead atoms. The normalized spacial score (nSPS) is 18.4. The van der Waals surface area contributed by atoms with Crippen LogP contribution in [0, 0.1) is 0 Å². The highest BCUT2D eigenvalue weighted by Gasteiger charge is 2.38. The quantitative estimate of drug-likeness (QED) is 0.788. The van der Waals surface area contributed by atoms with Gasteiger partial charge in [-0.25, -0.2) is 9.97 Å². The van der Waals surface area contributed by atoms with Crippen molar-refractivity contribution >= 4 is 0 Å². The zero-order valence-electron chi connectivity index (χ0n) is 12.7. The highest BCUT2D eigenvalue weighted by molar-refractivity contribution is 5.14. The van der Waals surface area contributed by atoms with Gasteiger partial charge in [0.25, 0.3) is 0 Å². The third-order valence-electron chi connectivity index (χ3n) is 4.17. The minimum Gasteiger partial charge on any atom is -0.481 e. The molecule has 1 fully saturated rings. The Balaban J connectivity index is 2.00. The molecule has 0 amide bonds. The lowest BCUT2D eigenvalue weighted by atomic mass is 9.75. The standard InChI is InChI=1S/C15H25N3O2/c1-4-16-13(10-15(20-3)6-5-7-15)8-12-9-14(19-2)18-11-17-12/h9,11,13,16H,4-8,10H2,1-3H3. The third kappa shape index (κ3) is 3.67. The summed E-state index contributed by atoms with van der Waals surface area (Å²) < 4.78 is 10.9. The molecule has 1 aromatic heterocycles. The Morgan fingerprint density at radius 3 is 2.70 bits per heavy atom. The van der Waals surface area contributed by atoms with E-state index in [0.29, 0.717) is 11.9 Å². The summed E-state index contributed by atoms with van der Waals surface area (Å²) in [5, 5.41) is 3.55. The number of rotatable bonds is 8. The molecule has 5 nitrogen and oxygen atoms in total. The first-order chi connectivity index (χ1) is 9.71. The molecule has 1 heterocycles. The zero-order valence-corrected chi connectivity index (χ0v) is 12.7. The summed E-state index contributed by atoms with van der Waals surface area (Å²) in [4.78, 5) is 8.39. The number of aromatic nitrogens is 2. The summed E-state index contributed by atoms with van der Waals surface area (Å²) in [7, 11) is 3.46. The summed E-state index contributed by atoms with van der Waals surface area (Å²) in [5.41, 5.74) is 1.08. The molecule has 1 unspecified atom stereocenters. The predicted molar refractivity (Wildman–Crippen MR) is 78.0 cm³/mol. The average molecular weight is 279 g/mol. The molecule has 1 N–H and O–H groups in total. The molecule has 2 rings (SSSR count). The van der Waals surface area contributed by atoms with Gasteiger partial charge in [-0.2, -0.15) is 0 Å². The van der Waals surface area contributed by atoms with Crippen molar-refractivity contribution in [3.05, 3.63) is 18.1 Å². The molecule has 1 aliphatic rings. The number of ether oxygens (including phenoxy) is 2. The lowest BCUT2D eigenvalue weighted by Gasteiger charge is -2.43. The van der Waals surface area contributed by atoms with Crippen molar-refractivity contribution in [1.29, 1.82) is 0 Å². The second-order valence-corrected chi connectivity index (χ2v) is 5.46. The van der Waals surface area contributed by atoms with Crippen molar-refractivity contribution in [2.45, 2.75) is 50.7 Å². The van der Waals surface area contributed by atoms with Crippen LogP contribution in [0.5, 0.6) is 5.88 Å². The van der Waals surface area contributed by atoms with E-state index in [9.17, 15) is 0 Å². The number of hydrogen-bond donors (Lipinski definition) is 1. The van der Waals surface area contributed by atoms with E-state index < -0.39 is 0 Å². The monoisotopic (exact) mass is 279 g/mol. The number of nitrogens with one attached hydrogen (secondary N) is 1. The van der Waals surface area contributed by atoms with Crippen molar-refractivity contribution < 1.29 is 9.47 Å². The van der Waals surface area contributed by atoms with E-state index in [1.54, 1.807) is 13.4 Å². The molecular weight excluding hydrogens is 254 g/mol. The molecule has 0 radical (unpaired) electrons. The van der Waals surface area contributed by atoms with Crippen LogP contribution in [-0.2, 0) is 11.2 Å². The number of likely N-dealkylation sites (N-methyl/N-ethyl adjacent to an activating group) is 1. The van der Waals surface area contributed by atoms with E-state index in [1.807, 2.05) is 13.2 Å². The van der Waals surface area contributed by atoms with E-state index >= 15 is 0 Å². The number of hydrogen-bond acceptors (Lipinski definition) is 5. The van der Waals surface area contributed by atoms with Crippen molar-refractivity contribution in [3.8, 4) is 5.88 Å². The molecule has 0 saturated heterocycles. The summed E-state index contributed by atoms with van der Waals surface area (Å²) in [6.07, 6.45) is 7.07. The Labute approximate surface area is 121 Å². The summed E-state index contributed by atoms with van der Waals surface area (Å²) in [6.45, 7) is 3.08. The van der Waals surface area contributed by atoms with Crippen LogP contribution in [-0.4, -0.2) is 42.4 Å². The lowest BCUT2D eigenvalue weighted by Crippen LogP contribution is -2.46. The van der Waals surface area contributed by atoms with E-state index in [4.69, 9.17) is 9.47 Å². The van der Waals surface area contributed by atoms with Gasteiger partial charge in [0, 0.05) is 31.3 Å². The Hall–Kier alpha value is -1.20. The molecule has 1 aromatic rings. The first kappa shape index (κ1) is 15.2. The minimum absolute atomic E-state index is 0.0734. The lowest BCUT2D eigenvalue weighted by molar-refractivity contribution is -0.0833. The van der Waals surface area contributed by atoms with Crippen molar-refractivity contribution in [3.63, 3.8) is 0 Å². The third-order valence-corrected chi connectivity index (χ3v) is 4.17. The molecule has 0 spiro atoms. The summed E-state index contributed by atoms with van der Waals surface area (Å²) >= 11 is 0. The fourth-order valence-electron chi connectivity index (χ4n) is 2.87. The van der Waals surface area contributed by atoms with Gasteiger partial charge in [-0.3, -0.25) is 0 Å². The topological polar surface area (TPSA) is 56.3 Å². The van der Waals surface area contributed by atoms with E-state index in [-0.39, 0.29) is 5.60 Å². The van der Waals surface area contributed by atoms with Gasteiger partial charge >= 0.3 is 0 Å². The molecular formula is C15H25N3O2. The second kappa shape index (κ2) is 6.99. The van der Waals surface area contributed by atoms with Crippen molar-refractivity contribution in [1.82, 2.24) is 15.3 Å². The highest BCUT2D eigenvalue weighted by atomic mass is 16.5. The van der Waals surface area contributed by atoms with Gasteiger partial charge in [0.1, 0.15) is 6.33 Å². The van der Waals surface area contributed by atoms with Gasteiger partial charge in [-0.15, -0.1) is 0 Å². The molecule has 112 valence electrons. The van der Waals surface area contributed by atoms with E-state index in [2.05, 4.69) is 22.2 Å². The Bertz CT molecular complexity index is 416. The van der Waals surface area contributed by atoms with Crippen LogP contribution in [0.3, 0.4) is 0 Å². The van der Waals surface area contributed by atoms with E-state index in [0.717, 1.165) is 25.1 Å². The van der Waals surface area contributed by atoms with Crippen LogP contribution in [0.4, 0.5) is 0 Å². The SMILES string of the molecule is CCNC(Cc1cc(OC)ncn1)CC1(OC)CCC1. The van der Waals surface area contributed by atoms with E-state index in [1.165, 1.54) is 19.3 Å². The first-order valence-electron chi connectivity index (χ1n) is 7.35. The molecule has 1 atom stereocenters. The highest BCUT2D eigenvalue weighted by Crippen LogP contribution is 2.39. The molecule has 1 saturated carbocycles. The maximum Gasteiger partial charge on any atom is 0.216 e. The van der Waals surface area contributed by atoms with Gasteiger partial charge in [0.15, 0.2) is 0 Å². The summed E-state index contributed by atoms with van der Waals surface area (Å²) in [5.74, 6) is 0.621. The van der Waals surface area contributed by atoms with Crippen LogP contribution in [0.15, 0.2) is 12.4 Å². The summed E-state index contributed by atoms with van der Waals surface area (Å²) in [6, 6.07) is 2.28. The zero-order chi connectivity index (χ0) is 14.4. The molecule has 5 heteroatoms. The van der Waals surface area contributed by atoms with Crippen LogP contribution in [0.1, 0.15) is 38.3 Å². The maximum absolute atomic E-state index is 5.74. The van der Waals surface area contributed by atoms with Gasteiger partial charge in [0.2, 0.25) is 5.88 Å². The van der Waals surface area contributed by atoms with Gasteiger partial charge in [-0.1, -0.05) is 6.92 Å².